The zero-order valence-electron chi connectivity index (χ0n) is 33.3. The van der Waals surface area contributed by atoms with Crippen LogP contribution >= 0.6 is 23.5 Å². The molecule has 2 aromatic carbocycles. The van der Waals surface area contributed by atoms with Gasteiger partial charge in [-0.15, -0.1) is 0 Å². The molecule has 4 aromatic heterocycles. The van der Waals surface area contributed by atoms with Crippen LogP contribution < -0.4 is 20.3 Å². The maximum absolute atomic E-state index is 15.5. The molecule has 3 atom stereocenters. The second-order valence-corrected chi connectivity index (χ2v) is 16.1. The van der Waals surface area contributed by atoms with E-state index in [9.17, 15) is 49.1 Å². The molecule has 346 valence electrons. The maximum Gasteiger partial charge on any atom is 0.455 e. The smallest absolute Gasteiger partial charge is 0.455 e. The van der Waals surface area contributed by atoms with Gasteiger partial charge < -0.3 is 19.5 Å². The molecule has 0 aliphatic heterocycles. The van der Waals surface area contributed by atoms with Crippen molar-refractivity contribution in [2.75, 3.05) is 30.8 Å². The molecular formula is C39H31ClF11N9O4S. The standard InChI is InChI=1S/C39H31ClF11N9O4S/c1-58-30-24(5-4-22(40)28(30)34(56-58)57-65-2)60-35(54-33-19(36(60)62)3-6-26(53-33)64-8-7-63-15-37(45,46)39(49,50)51)23(11-16-9-17(41)12-18(42)10-16)52-25(61)14-59-31-27(29(55-59)32(43)44)20-13-21(20)38(31,47)48/h3-6,9-10,12,20-21,23,32H,7-8,11,13-15H2,1-2H3,(H,52,61)(H,56,57). The molecule has 26 heteroatoms. The highest BCUT2D eigenvalue weighted by Crippen LogP contribution is 2.68. The van der Waals surface area contributed by atoms with Gasteiger partial charge in [0, 0.05) is 43.3 Å². The Morgan fingerprint density at radius 1 is 1.03 bits per heavy atom. The second-order valence-electron chi connectivity index (χ2n) is 15.1. The molecule has 2 aliphatic rings. The summed E-state index contributed by atoms with van der Waals surface area (Å²) in [5.74, 6) is -14.6. The molecule has 1 saturated carbocycles. The molecule has 65 heavy (non-hydrogen) atoms. The number of nitrogens with zero attached hydrogens (tertiary/aromatic N) is 7. The van der Waals surface area contributed by atoms with E-state index in [1.165, 1.54) is 41.9 Å². The predicted octanol–water partition coefficient (Wildman–Crippen LogP) is 8.33. The number of amides is 1. The first-order valence-electron chi connectivity index (χ1n) is 19.2. The Bertz CT molecular complexity index is 2890. The van der Waals surface area contributed by atoms with Gasteiger partial charge in [0.05, 0.1) is 39.6 Å². The number of alkyl halides is 9. The fourth-order valence-corrected chi connectivity index (χ4v) is 8.51. The number of anilines is 1. The molecule has 1 amide bonds. The Morgan fingerprint density at radius 3 is 2.43 bits per heavy atom. The number of nitrogens with one attached hydrogen (secondary N) is 2. The molecule has 0 saturated heterocycles. The number of hydrogen-bond donors (Lipinski definition) is 2. The van der Waals surface area contributed by atoms with E-state index in [0.29, 0.717) is 16.1 Å². The van der Waals surface area contributed by atoms with Gasteiger partial charge in [-0.25, -0.2) is 22.5 Å². The van der Waals surface area contributed by atoms with E-state index in [0.717, 1.165) is 22.8 Å². The van der Waals surface area contributed by atoms with Crippen LogP contribution in [0.15, 0.2) is 47.3 Å². The largest absolute Gasteiger partial charge is 0.475 e. The Labute approximate surface area is 367 Å². The van der Waals surface area contributed by atoms with Crippen LogP contribution in [0.4, 0.5) is 54.1 Å². The molecule has 2 N–H and O–H groups in total. The number of rotatable bonds is 16. The molecule has 3 unspecified atom stereocenters. The van der Waals surface area contributed by atoms with E-state index in [-0.39, 0.29) is 50.9 Å². The van der Waals surface area contributed by atoms with Crippen LogP contribution in [0.25, 0.3) is 27.6 Å². The van der Waals surface area contributed by atoms with Crippen molar-refractivity contribution in [1.29, 1.82) is 0 Å². The molecule has 2 aliphatic carbocycles. The number of pyridine rings is 1. The number of hydrogen-bond acceptors (Lipinski definition) is 10. The molecule has 4 heterocycles. The number of carbonyl (C=O) groups excluding carboxylic acids is 1. The van der Waals surface area contributed by atoms with Crippen molar-refractivity contribution in [2.24, 2.45) is 13.0 Å². The third-order valence-electron chi connectivity index (χ3n) is 10.7. The van der Waals surface area contributed by atoms with Gasteiger partial charge >= 0.3 is 12.1 Å². The first kappa shape index (κ1) is 45.9. The molecule has 1 fully saturated rings. The van der Waals surface area contributed by atoms with E-state index >= 15 is 8.78 Å². The van der Waals surface area contributed by atoms with Crippen molar-refractivity contribution < 1.29 is 62.6 Å². The second kappa shape index (κ2) is 16.9. The minimum atomic E-state index is -5.86. The van der Waals surface area contributed by atoms with E-state index in [1.54, 1.807) is 6.26 Å². The van der Waals surface area contributed by atoms with Crippen molar-refractivity contribution in [3.63, 3.8) is 0 Å². The topological polar surface area (TPSA) is 143 Å². The van der Waals surface area contributed by atoms with Gasteiger partial charge in [-0.05, 0) is 48.2 Å². The fourth-order valence-electron chi connectivity index (χ4n) is 7.93. The van der Waals surface area contributed by atoms with E-state index in [2.05, 4.69) is 34.9 Å². The highest BCUT2D eigenvalue weighted by atomic mass is 35.5. The SMILES string of the molecule is CSNc1nn(C)c2c(-n3c(C(Cc4cc(F)cc(F)c4)NC(=O)Cn4nc(C(F)F)c5c4C(F)(F)C4CC54)nc4nc(OCCOCC(F)(F)C(F)(F)F)ccc4c3=O)ccc(Cl)c12. The van der Waals surface area contributed by atoms with Crippen LogP contribution in [0.3, 0.4) is 0 Å². The number of carbonyl (C=O) groups is 1. The lowest BCUT2D eigenvalue weighted by atomic mass is 10.0. The lowest BCUT2D eigenvalue weighted by Gasteiger charge is -2.24. The van der Waals surface area contributed by atoms with Crippen LogP contribution in [0.5, 0.6) is 5.88 Å². The Kier molecular flexibility index (Phi) is 12.0. The monoisotopic (exact) mass is 965 g/mol. The molecule has 13 nitrogen and oxygen atoms in total. The molecular weight excluding hydrogens is 935 g/mol. The quantitative estimate of drug-likeness (QED) is 0.0553. The summed E-state index contributed by atoms with van der Waals surface area (Å²) in [6, 6.07) is 5.94. The average Bonchev–Trinajstić information content (AvgIpc) is 3.75. The third-order valence-corrected chi connectivity index (χ3v) is 11.4. The summed E-state index contributed by atoms with van der Waals surface area (Å²) in [6.45, 7) is -4.43. The Balaban J connectivity index is 1.25. The number of benzene rings is 2. The summed E-state index contributed by atoms with van der Waals surface area (Å²) in [5.41, 5.74) is -3.24. The summed E-state index contributed by atoms with van der Waals surface area (Å²) in [5, 5.41) is 11.0. The fraction of sp³-hybridized carbons (Fsp3) is 0.385. The van der Waals surface area contributed by atoms with Crippen molar-refractivity contribution in [3.05, 3.63) is 97.8 Å². The lowest BCUT2D eigenvalue weighted by Crippen LogP contribution is -2.41. The van der Waals surface area contributed by atoms with Crippen LogP contribution in [-0.4, -0.2) is 78.2 Å². The van der Waals surface area contributed by atoms with Crippen molar-refractivity contribution >= 4 is 57.2 Å². The molecule has 0 radical (unpaired) electrons. The van der Waals surface area contributed by atoms with Gasteiger partial charge in [-0.1, -0.05) is 23.5 Å². The Morgan fingerprint density at radius 2 is 1.75 bits per heavy atom. The van der Waals surface area contributed by atoms with E-state index < -0.39 is 121 Å². The average molecular weight is 966 g/mol. The third kappa shape index (κ3) is 8.52. The minimum absolute atomic E-state index is 0.0334. The number of fused-ring (bicyclic) bond motifs is 5. The normalized spacial score (nSPS) is 17.2. The summed E-state index contributed by atoms with van der Waals surface area (Å²) >= 11 is 7.81. The first-order chi connectivity index (χ1) is 30.6. The van der Waals surface area contributed by atoms with E-state index in [1.807, 2.05) is 0 Å². The maximum atomic E-state index is 15.5. The van der Waals surface area contributed by atoms with Gasteiger partial charge in [0.15, 0.2) is 11.5 Å². The molecule has 8 rings (SSSR count). The molecule has 0 bridgehead atoms. The van der Waals surface area contributed by atoms with Crippen LogP contribution in [0.2, 0.25) is 5.02 Å². The summed E-state index contributed by atoms with van der Waals surface area (Å²) in [4.78, 5) is 37.7. The number of halogens is 12. The first-order valence-corrected chi connectivity index (χ1v) is 20.8. The van der Waals surface area contributed by atoms with Crippen molar-refractivity contribution in [1.82, 2.24) is 39.4 Å². The lowest BCUT2D eigenvalue weighted by molar-refractivity contribution is -0.297. The van der Waals surface area contributed by atoms with Crippen molar-refractivity contribution in [2.45, 2.75) is 55.8 Å². The molecule has 6 aromatic rings. The van der Waals surface area contributed by atoms with Gasteiger partial charge in [0.25, 0.3) is 17.9 Å². The number of aryl methyl sites for hydroxylation is 1. The van der Waals surface area contributed by atoms with Crippen LogP contribution in [0, 0.1) is 17.6 Å². The Hall–Kier alpha value is -5.69. The number of aromatic nitrogens is 7. The van der Waals surface area contributed by atoms with Crippen molar-refractivity contribution in [3.8, 4) is 11.6 Å². The van der Waals surface area contributed by atoms with Gasteiger partial charge in [0.1, 0.15) is 48.6 Å². The van der Waals surface area contributed by atoms with Crippen LogP contribution in [-0.2, 0) is 35.5 Å². The highest BCUT2D eigenvalue weighted by Gasteiger charge is 2.67. The summed E-state index contributed by atoms with van der Waals surface area (Å²) in [6.07, 6.45) is -8.02. The summed E-state index contributed by atoms with van der Waals surface area (Å²) in [7, 11) is 1.52. The molecule has 0 spiro atoms. The summed E-state index contributed by atoms with van der Waals surface area (Å²) < 4.78 is 169. The van der Waals surface area contributed by atoms with Gasteiger partial charge in [0.2, 0.25) is 11.8 Å². The van der Waals surface area contributed by atoms with E-state index in [4.69, 9.17) is 16.3 Å². The predicted molar refractivity (Wildman–Crippen MR) is 212 cm³/mol. The zero-order valence-corrected chi connectivity index (χ0v) is 34.9. The van der Waals surface area contributed by atoms with Gasteiger partial charge in [-0.2, -0.15) is 45.9 Å². The highest BCUT2D eigenvalue weighted by molar-refractivity contribution is 7.99. The minimum Gasteiger partial charge on any atom is -0.475 e. The van der Waals surface area contributed by atoms with Crippen LogP contribution in [0.1, 0.15) is 53.1 Å². The number of ether oxygens (including phenoxy) is 2. The zero-order chi connectivity index (χ0) is 46.9. The van der Waals surface area contributed by atoms with Gasteiger partial charge in [-0.3, -0.25) is 23.5 Å².